The van der Waals surface area contributed by atoms with Gasteiger partial charge >= 0.3 is 0 Å². The minimum Gasteiger partial charge on any atom is -0.475 e. The van der Waals surface area contributed by atoms with Crippen LogP contribution in [0.15, 0.2) is 18.3 Å². The van der Waals surface area contributed by atoms with Crippen molar-refractivity contribution in [2.45, 2.75) is 46.4 Å². The van der Waals surface area contributed by atoms with Gasteiger partial charge in [0.1, 0.15) is 0 Å². The Morgan fingerprint density at radius 2 is 2.16 bits per heavy atom. The van der Waals surface area contributed by atoms with Gasteiger partial charge in [0.25, 0.3) is 0 Å². The summed E-state index contributed by atoms with van der Waals surface area (Å²) in [7, 11) is 0. The zero-order valence-electron chi connectivity index (χ0n) is 12.1. The predicted octanol–water partition coefficient (Wildman–Crippen LogP) is 1.48. The molecule has 0 saturated heterocycles. The highest BCUT2D eigenvalue weighted by Gasteiger charge is 2.13. The number of carbonyl (C=O) groups is 1. The van der Waals surface area contributed by atoms with E-state index in [1.807, 2.05) is 39.8 Å². The molecule has 0 radical (unpaired) electrons. The summed E-state index contributed by atoms with van der Waals surface area (Å²) in [5.41, 5.74) is 0.951. The molecule has 0 aliphatic carbocycles. The third-order valence-electron chi connectivity index (χ3n) is 2.54. The molecule has 0 aliphatic heterocycles. The van der Waals surface area contributed by atoms with Crippen molar-refractivity contribution in [3.05, 3.63) is 23.9 Å². The van der Waals surface area contributed by atoms with Crippen molar-refractivity contribution >= 4 is 5.91 Å². The van der Waals surface area contributed by atoms with Crippen molar-refractivity contribution < 1.29 is 9.53 Å². The number of hydrogen-bond donors (Lipinski definition) is 2. The molecule has 0 aromatic carbocycles. The molecule has 0 bridgehead atoms. The van der Waals surface area contributed by atoms with E-state index in [1.165, 1.54) is 0 Å². The zero-order valence-corrected chi connectivity index (χ0v) is 12.1. The Labute approximate surface area is 114 Å². The van der Waals surface area contributed by atoms with Gasteiger partial charge in [-0.25, -0.2) is 4.98 Å². The Kier molecular flexibility index (Phi) is 6.29. The van der Waals surface area contributed by atoms with Gasteiger partial charge in [0, 0.05) is 24.8 Å². The monoisotopic (exact) mass is 265 g/mol. The van der Waals surface area contributed by atoms with Crippen LogP contribution in [0, 0.1) is 0 Å². The lowest BCUT2D eigenvalue weighted by Crippen LogP contribution is -2.41. The summed E-state index contributed by atoms with van der Waals surface area (Å²) in [4.78, 5) is 15.8. The Balaban J connectivity index is 2.59. The molecule has 1 heterocycles. The van der Waals surface area contributed by atoms with E-state index in [0.29, 0.717) is 19.0 Å². The van der Waals surface area contributed by atoms with Crippen molar-refractivity contribution in [2.75, 3.05) is 6.54 Å². The molecule has 1 atom stereocenters. The number of rotatable bonds is 7. The highest BCUT2D eigenvalue weighted by Crippen LogP contribution is 2.15. The topological polar surface area (TPSA) is 63.2 Å². The van der Waals surface area contributed by atoms with E-state index in [0.717, 1.165) is 5.56 Å². The molecule has 1 aromatic rings. The first-order chi connectivity index (χ1) is 9.04. The number of nitrogens with one attached hydrogen (secondary N) is 2. The Bertz CT molecular complexity index is 407. The third kappa shape index (κ3) is 5.26. The first-order valence-corrected chi connectivity index (χ1v) is 6.66. The first-order valence-electron chi connectivity index (χ1n) is 6.66. The molecule has 19 heavy (non-hydrogen) atoms. The summed E-state index contributed by atoms with van der Waals surface area (Å²) in [5, 5.41) is 5.95. The number of nitrogens with zero attached hydrogens (tertiary/aromatic N) is 1. The number of aromatic nitrogens is 1. The van der Waals surface area contributed by atoms with Crippen LogP contribution in [0.25, 0.3) is 0 Å². The third-order valence-corrected chi connectivity index (χ3v) is 2.54. The van der Waals surface area contributed by atoms with Gasteiger partial charge < -0.3 is 15.4 Å². The normalized spacial score (nSPS) is 12.3. The van der Waals surface area contributed by atoms with Gasteiger partial charge in [0.15, 0.2) is 0 Å². The summed E-state index contributed by atoms with van der Waals surface area (Å²) in [6, 6.07) is 3.57. The van der Waals surface area contributed by atoms with Crippen LogP contribution in [0.4, 0.5) is 0 Å². The maximum atomic E-state index is 11.6. The van der Waals surface area contributed by atoms with Crippen molar-refractivity contribution in [3.8, 4) is 5.88 Å². The summed E-state index contributed by atoms with van der Waals surface area (Å²) >= 11 is 0. The fourth-order valence-corrected chi connectivity index (χ4v) is 1.57. The van der Waals surface area contributed by atoms with Crippen molar-refractivity contribution in [3.63, 3.8) is 0 Å². The van der Waals surface area contributed by atoms with Crippen molar-refractivity contribution in [1.82, 2.24) is 15.6 Å². The lowest BCUT2D eigenvalue weighted by atomic mass is 10.2. The largest absolute Gasteiger partial charge is 0.475 e. The summed E-state index contributed by atoms with van der Waals surface area (Å²) in [6.45, 7) is 8.85. The average Bonchev–Trinajstić information content (AvgIpc) is 2.37. The van der Waals surface area contributed by atoms with Crippen LogP contribution in [0.2, 0.25) is 0 Å². The van der Waals surface area contributed by atoms with Crippen LogP contribution >= 0.6 is 0 Å². The van der Waals surface area contributed by atoms with Crippen LogP contribution in [0.5, 0.6) is 5.88 Å². The summed E-state index contributed by atoms with van der Waals surface area (Å²) < 4.78 is 5.63. The molecule has 0 fully saturated rings. The lowest BCUT2D eigenvalue weighted by molar-refractivity contribution is -0.122. The molecule has 1 amide bonds. The quantitative estimate of drug-likeness (QED) is 0.784. The van der Waals surface area contributed by atoms with E-state index in [-0.39, 0.29) is 18.1 Å². The van der Waals surface area contributed by atoms with Crippen LogP contribution in [-0.4, -0.2) is 29.6 Å². The minimum absolute atomic E-state index is 0.00211. The maximum Gasteiger partial charge on any atom is 0.236 e. The molecule has 0 aliphatic rings. The van der Waals surface area contributed by atoms with Crippen LogP contribution < -0.4 is 15.4 Å². The molecule has 0 spiro atoms. The molecule has 1 rings (SSSR count). The molecule has 5 nitrogen and oxygen atoms in total. The van der Waals surface area contributed by atoms with Gasteiger partial charge in [-0.3, -0.25) is 4.79 Å². The van der Waals surface area contributed by atoms with Crippen molar-refractivity contribution in [1.29, 1.82) is 0 Å². The summed E-state index contributed by atoms with van der Waals surface area (Å²) in [5.74, 6) is 0.616. The number of carbonyl (C=O) groups excluding carboxylic acids is 1. The average molecular weight is 265 g/mol. The summed E-state index contributed by atoms with van der Waals surface area (Å²) in [6.07, 6.45) is 1.78. The Morgan fingerprint density at radius 1 is 1.42 bits per heavy atom. The molecule has 0 saturated carbocycles. The van der Waals surface area contributed by atoms with Crippen LogP contribution in [-0.2, 0) is 11.3 Å². The second kappa shape index (κ2) is 7.74. The van der Waals surface area contributed by atoms with E-state index in [9.17, 15) is 4.79 Å². The molecule has 2 N–H and O–H groups in total. The zero-order chi connectivity index (χ0) is 14.3. The predicted molar refractivity (Wildman–Crippen MR) is 75.0 cm³/mol. The van der Waals surface area contributed by atoms with Gasteiger partial charge in [-0.15, -0.1) is 0 Å². The van der Waals surface area contributed by atoms with E-state index < -0.39 is 0 Å². The Hall–Kier alpha value is -1.62. The van der Waals surface area contributed by atoms with Gasteiger partial charge in [0.05, 0.1) is 12.1 Å². The van der Waals surface area contributed by atoms with Gasteiger partial charge in [0.2, 0.25) is 11.8 Å². The maximum absolute atomic E-state index is 11.6. The number of pyridine rings is 1. The second-order valence-corrected chi connectivity index (χ2v) is 4.63. The molecule has 5 heteroatoms. The van der Waals surface area contributed by atoms with Gasteiger partial charge in [-0.2, -0.15) is 0 Å². The van der Waals surface area contributed by atoms with Gasteiger partial charge in [-0.1, -0.05) is 6.07 Å². The molecule has 1 unspecified atom stereocenters. The van der Waals surface area contributed by atoms with E-state index in [4.69, 9.17) is 4.74 Å². The molecule has 106 valence electrons. The second-order valence-electron chi connectivity index (χ2n) is 4.63. The van der Waals surface area contributed by atoms with E-state index >= 15 is 0 Å². The first kappa shape index (κ1) is 15.4. The van der Waals surface area contributed by atoms with Crippen LogP contribution in [0.1, 0.15) is 33.3 Å². The lowest BCUT2D eigenvalue weighted by Gasteiger charge is -2.16. The molecular weight excluding hydrogens is 242 g/mol. The SMILES string of the molecule is CCNC(=O)C(C)NCc1cccnc1OC(C)C. The van der Waals surface area contributed by atoms with E-state index in [1.54, 1.807) is 6.20 Å². The number of likely N-dealkylation sites (N-methyl/N-ethyl adjacent to an activating group) is 1. The molecular formula is C14H23N3O2. The Morgan fingerprint density at radius 3 is 2.79 bits per heavy atom. The smallest absolute Gasteiger partial charge is 0.236 e. The van der Waals surface area contributed by atoms with Gasteiger partial charge in [-0.05, 0) is 33.8 Å². The number of amides is 1. The highest BCUT2D eigenvalue weighted by atomic mass is 16.5. The van der Waals surface area contributed by atoms with E-state index in [2.05, 4.69) is 15.6 Å². The molecule has 1 aromatic heterocycles. The standard InChI is InChI=1S/C14H23N3O2/c1-5-15-13(18)11(4)17-9-12-7-6-8-16-14(12)19-10(2)3/h6-8,10-11,17H,5,9H2,1-4H3,(H,15,18). The van der Waals surface area contributed by atoms with Crippen LogP contribution in [0.3, 0.4) is 0 Å². The number of hydrogen-bond acceptors (Lipinski definition) is 4. The number of ether oxygens (including phenoxy) is 1. The minimum atomic E-state index is -0.243. The van der Waals surface area contributed by atoms with Crippen molar-refractivity contribution in [2.24, 2.45) is 0 Å². The fraction of sp³-hybridized carbons (Fsp3) is 0.571. The highest BCUT2D eigenvalue weighted by molar-refractivity contribution is 5.81. The fourth-order valence-electron chi connectivity index (χ4n) is 1.57.